The molecule has 28 heavy (non-hydrogen) atoms. The molecule has 2 heterocycles. The third kappa shape index (κ3) is 2.84. The first-order chi connectivity index (χ1) is 13.3. The quantitative estimate of drug-likeness (QED) is 0.460. The summed E-state index contributed by atoms with van der Waals surface area (Å²) in [6.45, 7) is 4.82. The molecule has 0 fully saturated rings. The fourth-order valence-electron chi connectivity index (χ4n) is 3.28. The molecule has 1 aliphatic rings. The molecule has 1 amide bonds. The van der Waals surface area contributed by atoms with Gasteiger partial charge in [-0.1, -0.05) is 12.1 Å². The van der Waals surface area contributed by atoms with E-state index in [2.05, 4.69) is 15.1 Å². The number of carbonyl (C=O) groups excluding carboxylic acids is 1. The lowest BCUT2D eigenvalue weighted by atomic mass is 9.95. The second-order valence-electron chi connectivity index (χ2n) is 6.47. The number of ether oxygens (including phenoxy) is 2. The highest BCUT2D eigenvalue weighted by Gasteiger charge is 2.51. The molecule has 148 valence electrons. The Morgan fingerprint density at radius 1 is 1.29 bits per heavy atom. The van der Waals surface area contributed by atoms with Crippen molar-refractivity contribution in [3.63, 3.8) is 0 Å². The van der Waals surface area contributed by atoms with Gasteiger partial charge in [-0.2, -0.15) is 0 Å². The molecule has 9 heteroatoms. The minimum atomic E-state index is -1.91. The van der Waals surface area contributed by atoms with Gasteiger partial charge in [0.1, 0.15) is 28.7 Å². The van der Waals surface area contributed by atoms with Crippen molar-refractivity contribution >= 4 is 23.1 Å². The van der Waals surface area contributed by atoms with Crippen LogP contribution in [0, 0.1) is 6.92 Å². The predicted octanol–water partition coefficient (Wildman–Crippen LogP) is 2.28. The number of nitrogens with zero attached hydrogens (tertiary/aromatic N) is 4. The van der Waals surface area contributed by atoms with Crippen molar-refractivity contribution in [2.24, 2.45) is 5.16 Å². The fraction of sp³-hybridized carbons (Fsp3) is 0.368. The number of benzene rings is 1. The van der Waals surface area contributed by atoms with Crippen LogP contribution in [0.2, 0.25) is 0 Å². The zero-order valence-electron chi connectivity index (χ0n) is 16.3. The highest BCUT2D eigenvalue weighted by molar-refractivity contribution is 6.14. The van der Waals surface area contributed by atoms with Gasteiger partial charge in [-0.25, -0.2) is 9.97 Å². The molecule has 1 aliphatic heterocycles. The molecule has 9 nitrogen and oxygen atoms in total. The Morgan fingerprint density at radius 3 is 2.57 bits per heavy atom. The Bertz CT molecular complexity index is 971. The molecule has 1 unspecified atom stereocenters. The first-order valence-corrected chi connectivity index (χ1v) is 8.69. The van der Waals surface area contributed by atoms with Crippen molar-refractivity contribution < 1.29 is 24.6 Å². The third-order valence-electron chi connectivity index (χ3n) is 4.68. The maximum Gasteiger partial charge on any atom is 0.269 e. The molecule has 0 spiro atoms. The molecule has 0 bridgehead atoms. The van der Waals surface area contributed by atoms with Crippen LogP contribution in [0.25, 0.3) is 0 Å². The summed E-state index contributed by atoms with van der Waals surface area (Å²) in [5, 5.41) is 23.7. The van der Waals surface area contributed by atoms with E-state index in [1.807, 2.05) is 0 Å². The molecule has 1 aromatic heterocycles. The number of anilines is 2. The van der Waals surface area contributed by atoms with Crippen LogP contribution < -0.4 is 14.4 Å². The van der Waals surface area contributed by atoms with Crippen LogP contribution >= 0.6 is 0 Å². The van der Waals surface area contributed by atoms with Crippen LogP contribution in [0.5, 0.6) is 11.5 Å². The van der Waals surface area contributed by atoms with E-state index in [1.54, 1.807) is 32.0 Å². The van der Waals surface area contributed by atoms with Gasteiger partial charge in [0.05, 0.1) is 25.5 Å². The minimum absolute atomic E-state index is 0.190. The number of hydrogen-bond acceptors (Lipinski definition) is 8. The molecule has 1 atom stereocenters. The Hall–Kier alpha value is -3.20. The van der Waals surface area contributed by atoms with E-state index in [9.17, 15) is 15.1 Å². The standard InChI is InChI=1S/C19H22N4O5/c1-6-12(22-26)16-15-17(21-10(2)20-16)23(18(24)19(15,3)25)13-8-7-11(27-4)9-14(13)28-5/h7-9,25-26H,6H2,1-5H3/b22-12+. The molecule has 1 aromatic carbocycles. The normalized spacial score (nSPS) is 19.0. The molecule has 2 N–H and O–H groups in total. The van der Waals surface area contributed by atoms with Gasteiger partial charge in [0.25, 0.3) is 5.91 Å². The summed E-state index contributed by atoms with van der Waals surface area (Å²) in [5.41, 5.74) is -0.834. The van der Waals surface area contributed by atoms with Crippen molar-refractivity contribution in [1.29, 1.82) is 0 Å². The van der Waals surface area contributed by atoms with Gasteiger partial charge in [-0.3, -0.25) is 9.69 Å². The molecule has 3 rings (SSSR count). The maximum absolute atomic E-state index is 13.2. The average Bonchev–Trinajstić information content (AvgIpc) is 2.87. The Morgan fingerprint density at radius 2 is 2.00 bits per heavy atom. The number of carbonyl (C=O) groups is 1. The van der Waals surface area contributed by atoms with Gasteiger partial charge in [-0.05, 0) is 32.4 Å². The van der Waals surface area contributed by atoms with Gasteiger partial charge < -0.3 is 19.8 Å². The molecule has 2 aromatic rings. The lowest BCUT2D eigenvalue weighted by molar-refractivity contribution is -0.133. The molecular weight excluding hydrogens is 364 g/mol. The van der Waals surface area contributed by atoms with Gasteiger partial charge in [0, 0.05) is 6.07 Å². The van der Waals surface area contributed by atoms with Crippen LogP contribution in [0.15, 0.2) is 23.4 Å². The van der Waals surface area contributed by atoms with E-state index in [4.69, 9.17) is 9.47 Å². The van der Waals surface area contributed by atoms with E-state index in [0.717, 1.165) is 0 Å². The van der Waals surface area contributed by atoms with Gasteiger partial charge in [0.15, 0.2) is 11.4 Å². The Balaban J connectivity index is 2.32. The highest BCUT2D eigenvalue weighted by atomic mass is 16.5. The molecular formula is C19H22N4O5. The fourth-order valence-corrected chi connectivity index (χ4v) is 3.28. The van der Waals surface area contributed by atoms with Crippen molar-refractivity contribution in [2.45, 2.75) is 32.8 Å². The topological polar surface area (TPSA) is 117 Å². The van der Waals surface area contributed by atoms with Crippen molar-refractivity contribution in [2.75, 3.05) is 19.1 Å². The largest absolute Gasteiger partial charge is 0.497 e. The summed E-state index contributed by atoms with van der Waals surface area (Å²) < 4.78 is 10.6. The Labute approximate surface area is 162 Å². The van der Waals surface area contributed by atoms with Crippen LogP contribution in [-0.4, -0.2) is 46.1 Å². The van der Waals surface area contributed by atoms with Crippen LogP contribution in [0.4, 0.5) is 11.5 Å². The lowest BCUT2D eigenvalue weighted by Gasteiger charge is -2.21. The van der Waals surface area contributed by atoms with E-state index in [0.29, 0.717) is 29.4 Å². The number of methoxy groups -OCH3 is 2. The molecule has 0 saturated heterocycles. The third-order valence-corrected chi connectivity index (χ3v) is 4.68. The number of hydrogen-bond donors (Lipinski definition) is 2. The summed E-state index contributed by atoms with van der Waals surface area (Å²) in [4.78, 5) is 23.2. The first-order valence-electron chi connectivity index (χ1n) is 8.69. The van der Waals surface area contributed by atoms with Crippen molar-refractivity contribution in [3.8, 4) is 11.5 Å². The first kappa shape index (κ1) is 19.6. The van der Waals surface area contributed by atoms with Crippen LogP contribution in [-0.2, 0) is 10.4 Å². The second kappa shape index (κ2) is 7.08. The van der Waals surface area contributed by atoms with Crippen molar-refractivity contribution in [1.82, 2.24) is 9.97 Å². The smallest absolute Gasteiger partial charge is 0.269 e. The summed E-state index contributed by atoms with van der Waals surface area (Å²) >= 11 is 0. The minimum Gasteiger partial charge on any atom is -0.497 e. The monoisotopic (exact) mass is 386 g/mol. The number of aliphatic hydroxyl groups is 1. The number of oxime groups is 1. The second-order valence-corrected chi connectivity index (χ2v) is 6.47. The number of fused-ring (bicyclic) bond motifs is 1. The number of amides is 1. The summed E-state index contributed by atoms with van der Waals surface area (Å²) in [7, 11) is 3.00. The zero-order chi connectivity index (χ0) is 20.6. The van der Waals surface area contributed by atoms with Gasteiger partial charge in [0.2, 0.25) is 0 Å². The van der Waals surface area contributed by atoms with E-state index in [1.165, 1.54) is 26.0 Å². The lowest BCUT2D eigenvalue weighted by Crippen LogP contribution is -2.36. The summed E-state index contributed by atoms with van der Waals surface area (Å²) in [6.07, 6.45) is 0.357. The van der Waals surface area contributed by atoms with E-state index < -0.39 is 11.5 Å². The summed E-state index contributed by atoms with van der Waals surface area (Å²) in [5.74, 6) is 0.905. The number of rotatable bonds is 5. The molecule has 0 radical (unpaired) electrons. The zero-order valence-corrected chi connectivity index (χ0v) is 16.3. The number of aromatic nitrogens is 2. The van der Waals surface area contributed by atoms with E-state index >= 15 is 0 Å². The number of aryl methyl sites for hydroxylation is 1. The molecule has 0 aliphatic carbocycles. The average molecular weight is 386 g/mol. The maximum atomic E-state index is 13.2. The predicted molar refractivity (Wildman–Crippen MR) is 102 cm³/mol. The van der Waals surface area contributed by atoms with Gasteiger partial charge in [-0.15, -0.1) is 0 Å². The molecule has 0 saturated carbocycles. The van der Waals surface area contributed by atoms with Crippen LogP contribution in [0.1, 0.15) is 37.4 Å². The van der Waals surface area contributed by atoms with Gasteiger partial charge >= 0.3 is 0 Å². The highest BCUT2D eigenvalue weighted by Crippen LogP contribution is 2.47. The Kier molecular flexibility index (Phi) is 4.95. The summed E-state index contributed by atoms with van der Waals surface area (Å²) in [6, 6.07) is 4.97. The van der Waals surface area contributed by atoms with Crippen molar-refractivity contribution in [3.05, 3.63) is 35.3 Å². The van der Waals surface area contributed by atoms with E-state index in [-0.39, 0.29) is 22.8 Å². The van der Waals surface area contributed by atoms with Crippen LogP contribution in [0.3, 0.4) is 0 Å². The SMILES string of the molecule is CC/C(=N\O)c1nc(C)nc2c1C(C)(O)C(=O)N2c1ccc(OC)cc1OC.